The number of nitrogens with zero attached hydrogens (tertiary/aromatic N) is 1. The highest BCUT2D eigenvalue weighted by atomic mass is 35.5. The average Bonchev–Trinajstić information content (AvgIpc) is 3.17. The Morgan fingerprint density at radius 2 is 1.48 bits per heavy atom. The summed E-state index contributed by atoms with van der Waals surface area (Å²) in [5.74, 6) is 0. The molecule has 1 nitrogen and oxygen atoms in total. The molecule has 0 fully saturated rings. The Labute approximate surface area is 199 Å². The van der Waals surface area contributed by atoms with Gasteiger partial charge in [-0.15, -0.1) is 6.58 Å². The summed E-state index contributed by atoms with van der Waals surface area (Å²) in [7, 11) is 0. The van der Waals surface area contributed by atoms with E-state index in [1.54, 1.807) is 0 Å². The number of hydrogen-bond acceptors (Lipinski definition) is 1. The van der Waals surface area contributed by atoms with Crippen molar-refractivity contribution in [1.29, 1.82) is 0 Å². The second-order valence-electron chi connectivity index (χ2n) is 8.54. The maximum absolute atomic E-state index is 6.23. The van der Waals surface area contributed by atoms with Crippen LogP contribution in [0.5, 0.6) is 0 Å². The number of fused-ring (bicyclic) bond motifs is 5. The number of rotatable bonds is 4. The summed E-state index contributed by atoms with van der Waals surface area (Å²) in [6, 6.07) is 36.1. The SMILES string of the molecule is C=CCC1(c2ccccc2)c2ccccc2-c2c(-c3ccc(Cl)cc3)nc3ccccc3c21. The van der Waals surface area contributed by atoms with E-state index in [1.165, 1.54) is 33.2 Å². The standard InChI is InChI=1S/C31H22ClN/c1-2-20-31(22-10-4-3-5-11-22)26-14-8-6-12-24(26)28-29(31)25-13-7-9-15-27(25)33-30(28)21-16-18-23(32)19-17-21/h2-19H,1,20H2. The van der Waals surface area contributed by atoms with Crippen molar-refractivity contribution in [1.82, 2.24) is 4.98 Å². The molecule has 0 spiro atoms. The van der Waals surface area contributed by atoms with Gasteiger partial charge in [0.1, 0.15) is 0 Å². The van der Waals surface area contributed by atoms with Crippen LogP contribution in [0.15, 0.2) is 116 Å². The van der Waals surface area contributed by atoms with Crippen molar-refractivity contribution in [2.75, 3.05) is 0 Å². The zero-order chi connectivity index (χ0) is 22.4. The molecule has 0 radical (unpaired) electrons. The van der Waals surface area contributed by atoms with Crippen LogP contribution in [0.25, 0.3) is 33.3 Å². The third-order valence-corrected chi connectivity index (χ3v) is 7.06. The molecule has 1 atom stereocenters. The van der Waals surface area contributed by atoms with E-state index < -0.39 is 0 Å². The maximum Gasteiger partial charge on any atom is 0.0791 e. The van der Waals surface area contributed by atoms with Gasteiger partial charge in [0, 0.05) is 21.5 Å². The lowest BCUT2D eigenvalue weighted by atomic mass is 9.69. The van der Waals surface area contributed by atoms with Gasteiger partial charge in [0.05, 0.1) is 16.6 Å². The Morgan fingerprint density at radius 3 is 2.27 bits per heavy atom. The van der Waals surface area contributed by atoms with Crippen LogP contribution in [0.1, 0.15) is 23.1 Å². The van der Waals surface area contributed by atoms with Gasteiger partial charge in [0.2, 0.25) is 0 Å². The third-order valence-electron chi connectivity index (χ3n) is 6.81. The van der Waals surface area contributed by atoms with Gasteiger partial charge in [-0.2, -0.15) is 0 Å². The largest absolute Gasteiger partial charge is 0.247 e. The van der Waals surface area contributed by atoms with E-state index in [1.807, 2.05) is 12.1 Å². The molecule has 0 bridgehead atoms. The summed E-state index contributed by atoms with van der Waals surface area (Å²) < 4.78 is 0. The molecule has 0 saturated carbocycles. The van der Waals surface area contributed by atoms with E-state index in [4.69, 9.17) is 16.6 Å². The normalized spacial score (nSPS) is 16.4. The van der Waals surface area contributed by atoms with E-state index in [0.717, 1.165) is 28.2 Å². The molecular weight excluding hydrogens is 422 g/mol. The highest BCUT2D eigenvalue weighted by Gasteiger charge is 2.46. The molecule has 1 aliphatic carbocycles. The Bertz CT molecular complexity index is 1500. The molecule has 4 aromatic carbocycles. The van der Waals surface area contributed by atoms with Gasteiger partial charge in [-0.05, 0) is 46.9 Å². The molecule has 0 saturated heterocycles. The molecule has 158 valence electrons. The fourth-order valence-electron chi connectivity index (χ4n) is 5.51. The van der Waals surface area contributed by atoms with E-state index >= 15 is 0 Å². The second kappa shape index (κ2) is 7.72. The molecule has 0 amide bonds. The number of benzene rings is 4. The molecule has 0 aliphatic heterocycles. The number of pyridine rings is 1. The molecule has 5 aromatic rings. The molecule has 33 heavy (non-hydrogen) atoms. The second-order valence-corrected chi connectivity index (χ2v) is 8.98. The van der Waals surface area contributed by atoms with E-state index in [0.29, 0.717) is 0 Å². The first-order valence-corrected chi connectivity index (χ1v) is 11.6. The molecule has 1 unspecified atom stereocenters. The van der Waals surface area contributed by atoms with E-state index in [-0.39, 0.29) is 5.41 Å². The Kier molecular flexibility index (Phi) is 4.67. The van der Waals surface area contributed by atoms with Crippen LogP contribution in [-0.4, -0.2) is 4.98 Å². The van der Waals surface area contributed by atoms with Gasteiger partial charge in [-0.3, -0.25) is 0 Å². The van der Waals surface area contributed by atoms with E-state index in [9.17, 15) is 0 Å². The lowest BCUT2D eigenvalue weighted by Gasteiger charge is -2.33. The maximum atomic E-state index is 6.23. The molecular formula is C31H22ClN. The van der Waals surface area contributed by atoms with Crippen LogP contribution < -0.4 is 0 Å². The fourth-order valence-corrected chi connectivity index (χ4v) is 5.64. The van der Waals surface area contributed by atoms with Crippen LogP contribution >= 0.6 is 11.6 Å². The first kappa shape index (κ1) is 20.0. The first-order valence-electron chi connectivity index (χ1n) is 11.2. The Hall–Kier alpha value is -3.68. The predicted molar refractivity (Wildman–Crippen MR) is 139 cm³/mol. The minimum absolute atomic E-state index is 0.335. The lowest BCUT2D eigenvalue weighted by Crippen LogP contribution is -2.26. The average molecular weight is 444 g/mol. The van der Waals surface area contributed by atoms with Crippen LogP contribution in [0, 0.1) is 0 Å². The lowest BCUT2D eigenvalue weighted by molar-refractivity contribution is 0.651. The van der Waals surface area contributed by atoms with Crippen LogP contribution in [0.3, 0.4) is 0 Å². The van der Waals surface area contributed by atoms with Gasteiger partial charge in [-0.25, -0.2) is 4.98 Å². The van der Waals surface area contributed by atoms with Crippen LogP contribution in [0.4, 0.5) is 0 Å². The van der Waals surface area contributed by atoms with Crippen molar-refractivity contribution in [3.63, 3.8) is 0 Å². The number of hydrogen-bond donors (Lipinski definition) is 0. The molecule has 1 heterocycles. The quantitative estimate of drug-likeness (QED) is 0.254. The molecule has 6 rings (SSSR count). The van der Waals surface area contributed by atoms with Gasteiger partial charge >= 0.3 is 0 Å². The van der Waals surface area contributed by atoms with E-state index in [2.05, 4.69) is 104 Å². The summed E-state index contributed by atoms with van der Waals surface area (Å²) in [5.41, 5.74) is 9.06. The smallest absolute Gasteiger partial charge is 0.0791 e. The van der Waals surface area contributed by atoms with Crippen molar-refractivity contribution < 1.29 is 0 Å². The molecule has 1 aliphatic rings. The number of aromatic nitrogens is 1. The number of halogens is 1. The number of allylic oxidation sites excluding steroid dienone is 1. The summed E-state index contributed by atoms with van der Waals surface area (Å²) in [5, 5.41) is 1.91. The number of para-hydroxylation sites is 1. The van der Waals surface area contributed by atoms with Crippen molar-refractivity contribution in [2.24, 2.45) is 0 Å². The Morgan fingerprint density at radius 1 is 0.788 bits per heavy atom. The van der Waals surface area contributed by atoms with Gasteiger partial charge in [0.25, 0.3) is 0 Å². The third kappa shape index (κ3) is 2.90. The molecule has 1 aromatic heterocycles. The van der Waals surface area contributed by atoms with Crippen molar-refractivity contribution in [3.8, 4) is 22.4 Å². The molecule has 0 N–H and O–H groups in total. The topological polar surface area (TPSA) is 12.9 Å². The first-order chi connectivity index (χ1) is 16.2. The highest BCUT2D eigenvalue weighted by Crippen LogP contribution is 2.58. The van der Waals surface area contributed by atoms with Gasteiger partial charge in [-0.1, -0.05) is 103 Å². The monoisotopic (exact) mass is 443 g/mol. The van der Waals surface area contributed by atoms with Crippen LogP contribution in [0.2, 0.25) is 5.02 Å². The fraction of sp³-hybridized carbons (Fsp3) is 0.0645. The van der Waals surface area contributed by atoms with Crippen molar-refractivity contribution >= 4 is 22.5 Å². The summed E-state index contributed by atoms with van der Waals surface area (Å²) in [6.07, 6.45) is 2.85. The zero-order valence-electron chi connectivity index (χ0n) is 18.1. The predicted octanol–water partition coefficient (Wildman–Crippen LogP) is 8.45. The summed E-state index contributed by atoms with van der Waals surface area (Å²) >= 11 is 6.23. The zero-order valence-corrected chi connectivity index (χ0v) is 18.9. The highest BCUT2D eigenvalue weighted by molar-refractivity contribution is 6.30. The minimum Gasteiger partial charge on any atom is -0.247 e. The van der Waals surface area contributed by atoms with Crippen molar-refractivity contribution in [2.45, 2.75) is 11.8 Å². The molecule has 2 heteroatoms. The van der Waals surface area contributed by atoms with Gasteiger partial charge < -0.3 is 0 Å². The minimum atomic E-state index is -0.335. The summed E-state index contributed by atoms with van der Waals surface area (Å²) in [4.78, 5) is 5.20. The van der Waals surface area contributed by atoms with Crippen LogP contribution in [-0.2, 0) is 5.41 Å². The van der Waals surface area contributed by atoms with Crippen molar-refractivity contribution in [3.05, 3.63) is 137 Å². The summed E-state index contributed by atoms with van der Waals surface area (Å²) in [6.45, 7) is 4.18. The Balaban J connectivity index is 1.83. The van der Waals surface area contributed by atoms with Gasteiger partial charge in [0.15, 0.2) is 0 Å².